The molecule has 122 valence electrons. The van der Waals surface area contributed by atoms with Gasteiger partial charge >= 0.3 is 5.97 Å². The van der Waals surface area contributed by atoms with Crippen LogP contribution >= 0.6 is 0 Å². The van der Waals surface area contributed by atoms with Crippen LogP contribution in [-0.4, -0.2) is 24.7 Å². The van der Waals surface area contributed by atoms with Crippen LogP contribution in [0.2, 0.25) is 0 Å². The van der Waals surface area contributed by atoms with Gasteiger partial charge in [-0.25, -0.2) is 0 Å². The number of piperidine rings is 1. The Hall–Kier alpha value is -0.570. The zero-order chi connectivity index (χ0) is 15.5. The number of esters is 1. The Labute approximate surface area is 130 Å². The highest BCUT2D eigenvalue weighted by Crippen LogP contribution is 2.36. The average Bonchev–Trinajstić information content (AvgIpc) is 2.48. The van der Waals surface area contributed by atoms with Gasteiger partial charge in [-0.3, -0.25) is 4.79 Å². The fraction of sp³-hybridized carbons (Fsp3) is 0.944. The van der Waals surface area contributed by atoms with E-state index in [2.05, 4.69) is 33.0 Å². The quantitative estimate of drug-likeness (QED) is 0.802. The molecule has 0 unspecified atom stereocenters. The lowest BCUT2D eigenvalue weighted by Gasteiger charge is -2.38. The van der Waals surface area contributed by atoms with Crippen LogP contribution in [0.15, 0.2) is 0 Å². The van der Waals surface area contributed by atoms with Gasteiger partial charge in [0.05, 0.1) is 5.92 Å². The molecule has 1 saturated carbocycles. The number of nitrogens with one attached hydrogen (secondary N) is 1. The Morgan fingerprint density at radius 2 is 1.62 bits per heavy atom. The van der Waals surface area contributed by atoms with Crippen molar-refractivity contribution in [3.05, 3.63) is 0 Å². The van der Waals surface area contributed by atoms with Crippen molar-refractivity contribution >= 4 is 5.97 Å². The molecule has 0 aromatic heterocycles. The second-order valence-corrected chi connectivity index (χ2v) is 7.90. The molecule has 1 saturated heterocycles. The van der Waals surface area contributed by atoms with Gasteiger partial charge in [-0.15, -0.1) is 0 Å². The van der Waals surface area contributed by atoms with E-state index in [1.165, 1.54) is 12.8 Å². The summed E-state index contributed by atoms with van der Waals surface area (Å²) < 4.78 is 5.95. The van der Waals surface area contributed by atoms with Gasteiger partial charge in [0.15, 0.2) is 0 Å². The van der Waals surface area contributed by atoms with Crippen LogP contribution in [0.5, 0.6) is 0 Å². The van der Waals surface area contributed by atoms with E-state index in [1.54, 1.807) is 0 Å². The number of carbonyl (C=O) groups excluding carboxylic acids is 1. The first-order valence-corrected chi connectivity index (χ1v) is 8.83. The zero-order valence-electron chi connectivity index (χ0n) is 14.3. The molecule has 2 rings (SSSR count). The van der Waals surface area contributed by atoms with Gasteiger partial charge in [-0.2, -0.15) is 0 Å². The van der Waals surface area contributed by atoms with E-state index in [0.717, 1.165) is 50.6 Å². The van der Waals surface area contributed by atoms with Gasteiger partial charge in [0, 0.05) is 5.92 Å². The number of hydrogen-bond donors (Lipinski definition) is 1. The highest BCUT2D eigenvalue weighted by molar-refractivity contribution is 5.73. The predicted molar refractivity (Wildman–Crippen MR) is 86.1 cm³/mol. The highest BCUT2D eigenvalue weighted by atomic mass is 16.6. The number of rotatable bonds is 4. The maximum Gasteiger partial charge on any atom is 0.309 e. The third-order valence-electron chi connectivity index (χ3n) is 5.73. The normalized spacial score (nSPS) is 28.6. The van der Waals surface area contributed by atoms with E-state index < -0.39 is 0 Å². The minimum atomic E-state index is -0.311. The van der Waals surface area contributed by atoms with E-state index in [0.29, 0.717) is 5.92 Å². The van der Waals surface area contributed by atoms with Crippen LogP contribution in [0.1, 0.15) is 66.2 Å². The fourth-order valence-corrected chi connectivity index (χ4v) is 3.96. The summed E-state index contributed by atoms with van der Waals surface area (Å²) in [5.74, 6) is 2.23. The van der Waals surface area contributed by atoms with Gasteiger partial charge in [0.2, 0.25) is 0 Å². The third-order valence-corrected chi connectivity index (χ3v) is 5.73. The summed E-state index contributed by atoms with van der Waals surface area (Å²) in [5, 5.41) is 3.38. The van der Waals surface area contributed by atoms with Gasteiger partial charge in [0.25, 0.3) is 0 Å². The van der Waals surface area contributed by atoms with Crippen molar-refractivity contribution in [3.63, 3.8) is 0 Å². The fourth-order valence-electron chi connectivity index (χ4n) is 3.96. The Balaban J connectivity index is 1.83. The van der Waals surface area contributed by atoms with Crippen molar-refractivity contribution in [2.75, 3.05) is 13.1 Å². The van der Waals surface area contributed by atoms with E-state index in [1.807, 2.05) is 0 Å². The molecule has 0 aromatic carbocycles. The van der Waals surface area contributed by atoms with Crippen LogP contribution < -0.4 is 5.32 Å². The van der Waals surface area contributed by atoms with Crippen LogP contribution in [0.25, 0.3) is 0 Å². The van der Waals surface area contributed by atoms with Crippen molar-refractivity contribution < 1.29 is 9.53 Å². The minimum absolute atomic E-state index is 0.0562. The highest BCUT2D eigenvalue weighted by Gasteiger charge is 2.37. The first-order chi connectivity index (χ1) is 9.90. The van der Waals surface area contributed by atoms with Crippen LogP contribution in [0.3, 0.4) is 0 Å². The molecule has 0 bridgehead atoms. The molecule has 0 radical (unpaired) electrons. The van der Waals surface area contributed by atoms with E-state index >= 15 is 0 Å². The molecule has 3 heteroatoms. The Bertz CT molecular complexity index is 337. The molecule has 0 spiro atoms. The molecule has 21 heavy (non-hydrogen) atoms. The molecule has 1 aliphatic carbocycles. The smallest absolute Gasteiger partial charge is 0.309 e. The Morgan fingerprint density at radius 3 is 2.14 bits per heavy atom. The molecule has 2 fully saturated rings. The summed E-state index contributed by atoms with van der Waals surface area (Å²) in [4.78, 5) is 12.5. The van der Waals surface area contributed by atoms with Crippen LogP contribution in [0, 0.1) is 23.7 Å². The molecule has 0 amide bonds. The lowest BCUT2D eigenvalue weighted by atomic mass is 9.77. The monoisotopic (exact) mass is 295 g/mol. The minimum Gasteiger partial charge on any atom is -0.459 e. The second kappa shape index (κ2) is 7.13. The van der Waals surface area contributed by atoms with Crippen LogP contribution in [0.4, 0.5) is 0 Å². The maximum atomic E-state index is 12.5. The van der Waals surface area contributed by atoms with E-state index in [4.69, 9.17) is 4.74 Å². The van der Waals surface area contributed by atoms with Crippen molar-refractivity contribution in [1.29, 1.82) is 0 Å². The van der Waals surface area contributed by atoms with Crippen molar-refractivity contribution in [3.8, 4) is 0 Å². The standard InChI is InChI=1S/C18H33NO2/c1-13(2)14-5-7-15(8-6-14)17(20)21-18(3,4)16-9-11-19-12-10-16/h13-16,19H,5-12H2,1-4H3. The van der Waals surface area contributed by atoms with Crippen molar-refractivity contribution in [2.45, 2.75) is 71.8 Å². The number of hydrogen-bond acceptors (Lipinski definition) is 3. The van der Waals surface area contributed by atoms with Gasteiger partial charge < -0.3 is 10.1 Å². The first kappa shape index (κ1) is 16.8. The average molecular weight is 295 g/mol. The first-order valence-electron chi connectivity index (χ1n) is 8.83. The molecule has 0 aromatic rings. The van der Waals surface area contributed by atoms with Crippen LogP contribution in [-0.2, 0) is 9.53 Å². The largest absolute Gasteiger partial charge is 0.459 e. The summed E-state index contributed by atoms with van der Waals surface area (Å²) in [6.45, 7) is 10.9. The lowest BCUT2D eigenvalue weighted by Crippen LogP contribution is -2.44. The lowest BCUT2D eigenvalue weighted by molar-refractivity contribution is -0.169. The summed E-state index contributed by atoms with van der Waals surface area (Å²) in [5.41, 5.74) is -0.311. The second-order valence-electron chi connectivity index (χ2n) is 7.90. The van der Waals surface area contributed by atoms with E-state index in [-0.39, 0.29) is 17.5 Å². The molecular weight excluding hydrogens is 262 g/mol. The Kier molecular flexibility index (Phi) is 5.70. The summed E-state index contributed by atoms with van der Waals surface area (Å²) in [6.07, 6.45) is 6.63. The summed E-state index contributed by atoms with van der Waals surface area (Å²) >= 11 is 0. The summed E-state index contributed by atoms with van der Waals surface area (Å²) in [7, 11) is 0. The van der Waals surface area contributed by atoms with Crippen molar-refractivity contribution in [2.24, 2.45) is 23.7 Å². The summed E-state index contributed by atoms with van der Waals surface area (Å²) in [6, 6.07) is 0. The molecule has 2 aliphatic rings. The molecule has 1 heterocycles. The molecule has 0 atom stereocenters. The SMILES string of the molecule is CC(C)C1CCC(C(=O)OC(C)(C)C2CCNCC2)CC1. The molecule has 3 nitrogen and oxygen atoms in total. The van der Waals surface area contributed by atoms with Gasteiger partial charge in [-0.1, -0.05) is 13.8 Å². The topological polar surface area (TPSA) is 38.3 Å². The van der Waals surface area contributed by atoms with Gasteiger partial charge in [-0.05, 0) is 77.3 Å². The van der Waals surface area contributed by atoms with Crippen molar-refractivity contribution in [1.82, 2.24) is 5.32 Å². The Morgan fingerprint density at radius 1 is 1.05 bits per heavy atom. The van der Waals surface area contributed by atoms with Gasteiger partial charge in [0.1, 0.15) is 5.60 Å². The molecular formula is C18H33NO2. The zero-order valence-corrected chi connectivity index (χ0v) is 14.3. The maximum absolute atomic E-state index is 12.5. The molecule has 1 aliphatic heterocycles. The number of ether oxygens (including phenoxy) is 1. The number of carbonyl (C=O) groups is 1. The third kappa shape index (κ3) is 4.45. The predicted octanol–water partition coefficient (Wildman–Crippen LogP) is 3.77. The molecule has 1 N–H and O–H groups in total. The van der Waals surface area contributed by atoms with E-state index in [9.17, 15) is 4.79 Å².